The minimum atomic E-state index is -0.730. The van der Waals surface area contributed by atoms with Crippen molar-refractivity contribution in [3.8, 4) is 11.8 Å². The first kappa shape index (κ1) is 14.5. The molecule has 6 heteroatoms. The van der Waals surface area contributed by atoms with E-state index in [2.05, 4.69) is 10.1 Å². The molecule has 19 heavy (non-hydrogen) atoms. The van der Waals surface area contributed by atoms with Gasteiger partial charge in [0, 0.05) is 18.0 Å². The van der Waals surface area contributed by atoms with Gasteiger partial charge in [0.2, 0.25) is 0 Å². The molecule has 0 atom stereocenters. The Morgan fingerprint density at radius 3 is 2.84 bits per heavy atom. The quantitative estimate of drug-likeness (QED) is 0.501. The molecule has 1 N–H and O–H groups in total. The van der Waals surface area contributed by atoms with Gasteiger partial charge in [-0.2, -0.15) is 5.26 Å². The first-order chi connectivity index (χ1) is 9.12. The second-order valence-electron chi connectivity index (χ2n) is 3.38. The molecule has 0 aliphatic heterocycles. The molecule has 0 unspecified atom stereocenters. The molecule has 0 saturated heterocycles. The third-order valence-corrected chi connectivity index (χ3v) is 2.15. The Balaban J connectivity index is 2.82. The standard InChI is InChI=1S/C13H13FN2O3/c1-3-19-13(17)9(7-15)8-16-10-4-5-12(18-2)11(14)6-10/h4-6,8,16H,3H2,1-2H3/b9-8-. The van der Waals surface area contributed by atoms with E-state index in [0.717, 1.165) is 0 Å². The smallest absolute Gasteiger partial charge is 0.350 e. The summed E-state index contributed by atoms with van der Waals surface area (Å²) in [5.74, 6) is -1.16. The number of hydrogen-bond acceptors (Lipinski definition) is 5. The molecule has 0 heterocycles. The molecule has 0 radical (unpaired) electrons. The van der Waals surface area contributed by atoms with Crippen LogP contribution in [0.4, 0.5) is 10.1 Å². The maximum Gasteiger partial charge on any atom is 0.350 e. The molecular formula is C13H13FN2O3. The number of methoxy groups -OCH3 is 1. The molecule has 5 nitrogen and oxygen atoms in total. The topological polar surface area (TPSA) is 71.4 Å². The molecule has 0 bridgehead atoms. The summed E-state index contributed by atoms with van der Waals surface area (Å²) in [4.78, 5) is 11.3. The summed E-state index contributed by atoms with van der Waals surface area (Å²) in [5, 5.41) is 11.4. The summed E-state index contributed by atoms with van der Waals surface area (Å²) in [6.07, 6.45) is 1.17. The van der Waals surface area contributed by atoms with E-state index in [1.807, 2.05) is 0 Å². The third-order valence-electron chi connectivity index (χ3n) is 2.15. The monoisotopic (exact) mass is 264 g/mol. The van der Waals surface area contributed by atoms with E-state index in [0.29, 0.717) is 5.69 Å². The highest BCUT2D eigenvalue weighted by Gasteiger charge is 2.09. The number of nitrogens with one attached hydrogen (secondary N) is 1. The molecule has 0 aromatic heterocycles. The van der Waals surface area contributed by atoms with Crippen molar-refractivity contribution >= 4 is 11.7 Å². The maximum atomic E-state index is 13.4. The number of esters is 1. The van der Waals surface area contributed by atoms with Crippen LogP contribution in [0.5, 0.6) is 5.75 Å². The lowest BCUT2D eigenvalue weighted by molar-refractivity contribution is -0.138. The van der Waals surface area contributed by atoms with Crippen molar-refractivity contribution in [3.05, 3.63) is 35.8 Å². The first-order valence-electron chi connectivity index (χ1n) is 5.49. The van der Waals surface area contributed by atoms with E-state index in [1.165, 1.54) is 25.4 Å². The highest BCUT2D eigenvalue weighted by atomic mass is 19.1. The van der Waals surface area contributed by atoms with Gasteiger partial charge in [-0.15, -0.1) is 0 Å². The number of halogens is 1. The Hall–Kier alpha value is -2.55. The van der Waals surface area contributed by atoms with Gasteiger partial charge < -0.3 is 14.8 Å². The average molecular weight is 264 g/mol. The number of anilines is 1. The van der Waals surface area contributed by atoms with Crippen LogP contribution in [0.25, 0.3) is 0 Å². The van der Waals surface area contributed by atoms with Gasteiger partial charge in [0.15, 0.2) is 17.1 Å². The fraction of sp³-hybridized carbons (Fsp3) is 0.231. The summed E-state index contributed by atoms with van der Waals surface area (Å²) < 4.78 is 22.8. The van der Waals surface area contributed by atoms with E-state index in [1.54, 1.807) is 19.1 Å². The Morgan fingerprint density at radius 2 is 2.32 bits per heavy atom. The third kappa shape index (κ3) is 4.00. The van der Waals surface area contributed by atoms with Crippen molar-refractivity contribution in [3.63, 3.8) is 0 Å². The zero-order valence-corrected chi connectivity index (χ0v) is 10.6. The van der Waals surface area contributed by atoms with Crippen LogP contribution in [-0.2, 0) is 9.53 Å². The Labute approximate surface area is 110 Å². The van der Waals surface area contributed by atoms with Crippen LogP contribution in [0.15, 0.2) is 30.0 Å². The van der Waals surface area contributed by atoms with Gasteiger partial charge in [-0.25, -0.2) is 9.18 Å². The highest BCUT2D eigenvalue weighted by molar-refractivity contribution is 5.93. The molecule has 0 spiro atoms. The Morgan fingerprint density at radius 1 is 1.58 bits per heavy atom. The fourth-order valence-corrected chi connectivity index (χ4v) is 1.26. The van der Waals surface area contributed by atoms with Gasteiger partial charge in [0.1, 0.15) is 6.07 Å². The van der Waals surface area contributed by atoms with Gasteiger partial charge >= 0.3 is 5.97 Å². The van der Waals surface area contributed by atoms with Crippen LogP contribution in [0.3, 0.4) is 0 Å². The number of ether oxygens (including phenoxy) is 2. The second-order valence-corrected chi connectivity index (χ2v) is 3.38. The van der Waals surface area contributed by atoms with Crippen LogP contribution < -0.4 is 10.1 Å². The van der Waals surface area contributed by atoms with E-state index in [-0.39, 0.29) is 17.9 Å². The molecule has 1 aromatic carbocycles. The number of rotatable bonds is 5. The number of hydrogen-bond donors (Lipinski definition) is 1. The van der Waals surface area contributed by atoms with Crippen LogP contribution >= 0.6 is 0 Å². The Kier molecular flexibility index (Phi) is 5.35. The van der Waals surface area contributed by atoms with Crippen molar-refractivity contribution in [1.29, 1.82) is 5.26 Å². The SMILES string of the molecule is CCOC(=O)/C(C#N)=C\Nc1ccc(OC)c(F)c1. The van der Waals surface area contributed by atoms with E-state index < -0.39 is 11.8 Å². The van der Waals surface area contributed by atoms with Crippen LogP contribution in [-0.4, -0.2) is 19.7 Å². The number of nitrogens with zero attached hydrogens (tertiary/aromatic N) is 1. The van der Waals surface area contributed by atoms with E-state index >= 15 is 0 Å². The number of benzene rings is 1. The predicted molar refractivity (Wildman–Crippen MR) is 66.9 cm³/mol. The Bertz CT molecular complexity index is 535. The van der Waals surface area contributed by atoms with Crippen molar-refractivity contribution in [2.45, 2.75) is 6.92 Å². The summed E-state index contributed by atoms with van der Waals surface area (Å²) in [6.45, 7) is 1.81. The van der Waals surface area contributed by atoms with Crippen molar-refractivity contribution in [2.24, 2.45) is 0 Å². The molecule has 0 aliphatic carbocycles. The molecule has 0 saturated carbocycles. The average Bonchev–Trinajstić information content (AvgIpc) is 2.40. The van der Waals surface area contributed by atoms with Crippen molar-refractivity contribution in [1.82, 2.24) is 0 Å². The lowest BCUT2D eigenvalue weighted by atomic mass is 10.2. The van der Waals surface area contributed by atoms with E-state index in [9.17, 15) is 9.18 Å². The molecular weight excluding hydrogens is 251 g/mol. The molecule has 1 aromatic rings. The minimum Gasteiger partial charge on any atom is -0.494 e. The van der Waals surface area contributed by atoms with Crippen molar-refractivity contribution < 1.29 is 18.7 Å². The van der Waals surface area contributed by atoms with Gasteiger partial charge in [-0.1, -0.05) is 0 Å². The normalized spacial score (nSPS) is 10.5. The molecule has 0 amide bonds. The van der Waals surface area contributed by atoms with Crippen LogP contribution in [0.2, 0.25) is 0 Å². The summed E-state index contributed by atoms with van der Waals surface area (Å²) >= 11 is 0. The zero-order valence-electron chi connectivity index (χ0n) is 10.6. The molecule has 100 valence electrons. The molecule has 0 aliphatic rings. The number of carbonyl (C=O) groups is 1. The largest absolute Gasteiger partial charge is 0.494 e. The fourth-order valence-electron chi connectivity index (χ4n) is 1.26. The van der Waals surface area contributed by atoms with Gasteiger partial charge in [0.05, 0.1) is 13.7 Å². The predicted octanol–water partition coefficient (Wildman–Crippen LogP) is 2.22. The number of nitriles is 1. The van der Waals surface area contributed by atoms with Gasteiger partial charge in [-0.05, 0) is 19.1 Å². The molecule has 0 fully saturated rings. The van der Waals surface area contributed by atoms with Crippen molar-refractivity contribution in [2.75, 3.05) is 19.0 Å². The van der Waals surface area contributed by atoms with E-state index in [4.69, 9.17) is 10.00 Å². The zero-order chi connectivity index (χ0) is 14.3. The second kappa shape index (κ2) is 7.01. The summed E-state index contributed by atoms with van der Waals surface area (Å²) in [7, 11) is 1.36. The summed E-state index contributed by atoms with van der Waals surface area (Å²) in [6, 6.07) is 5.88. The highest BCUT2D eigenvalue weighted by Crippen LogP contribution is 2.20. The van der Waals surface area contributed by atoms with Gasteiger partial charge in [0.25, 0.3) is 0 Å². The molecule has 1 rings (SSSR count). The number of carbonyl (C=O) groups excluding carboxylic acids is 1. The first-order valence-corrected chi connectivity index (χ1v) is 5.49. The lowest BCUT2D eigenvalue weighted by Gasteiger charge is -2.05. The summed E-state index contributed by atoms with van der Waals surface area (Å²) in [5.41, 5.74) is 0.188. The lowest BCUT2D eigenvalue weighted by Crippen LogP contribution is -2.07. The van der Waals surface area contributed by atoms with Crippen LogP contribution in [0.1, 0.15) is 6.92 Å². The van der Waals surface area contributed by atoms with Gasteiger partial charge in [-0.3, -0.25) is 0 Å². The maximum absolute atomic E-state index is 13.4. The minimum absolute atomic E-state index is 0.112. The van der Waals surface area contributed by atoms with Crippen LogP contribution in [0, 0.1) is 17.1 Å².